The number of aliphatic hydroxyl groups excluding tert-OH is 1. The predicted octanol–water partition coefficient (Wildman–Crippen LogP) is 2.35. The molecule has 1 fully saturated rings. The lowest BCUT2D eigenvalue weighted by Gasteiger charge is -2.38. The molecular weight excluding hydrogens is 342 g/mol. The zero-order chi connectivity index (χ0) is 19.2. The molecule has 0 spiro atoms. The number of esters is 1. The summed E-state index contributed by atoms with van der Waals surface area (Å²) in [6.07, 6.45) is 2.15. The normalized spacial score (nSPS) is 19.6. The lowest BCUT2D eigenvalue weighted by atomic mass is 9.76. The molecule has 1 aliphatic carbocycles. The molecule has 2 rings (SSSR count). The van der Waals surface area contributed by atoms with Crippen LogP contribution in [0.25, 0.3) is 0 Å². The van der Waals surface area contributed by atoms with Gasteiger partial charge in [-0.25, -0.2) is 13.6 Å². The fourth-order valence-electron chi connectivity index (χ4n) is 3.52. The molecule has 0 radical (unpaired) electrons. The maximum atomic E-state index is 14.1. The quantitative estimate of drug-likeness (QED) is 0.610. The highest BCUT2D eigenvalue weighted by atomic mass is 19.3. The third kappa shape index (κ3) is 4.99. The molecule has 1 aromatic rings. The maximum absolute atomic E-state index is 14.1. The molecule has 0 saturated heterocycles. The van der Waals surface area contributed by atoms with Crippen LogP contribution in [-0.4, -0.2) is 35.2 Å². The second kappa shape index (κ2) is 8.88. The van der Waals surface area contributed by atoms with Gasteiger partial charge in [-0.3, -0.25) is 0 Å². The Bertz CT molecular complexity index is 579. The van der Waals surface area contributed by atoms with Gasteiger partial charge in [-0.1, -0.05) is 62.4 Å². The van der Waals surface area contributed by atoms with E-state index in [-0.39, 0.29) is 18.9 Å². The SMILES string of the molecule is NCC(F)(F)C(O)C(N)(CC1CCCCC1)C(=O)OCc1ccccc1. The first-order valence-corrected chi connectivity index (χ1v) is 9.05. The van der Waals surface area contributed by atoms with Crippen LogP contribution in [0.4, 0.5) is 8.78 Å². The van der Waals surface area contributed by atoms with Crippen molar-refractivity contribution in [3.63, 3.8) is 0 Å². The molecule has 2 atom stereocenters. The van der Waals surface area contributed by atoms with E-state index >= 15 is 0 Å². The molecule has 2 unspecified atom stereocenters. The first-order valence-electron chi connectivity index (χ1n) is 9.05. The van der Waals surface area contributed by atoms with Gasteiger partial charge in [0, 0.05) is 0 Å². The topological polar surface area (TPSA) is 98.6 Å². The van der Waals surface area contributed by atoms with Crippen LogP contribution in [0.2, 0.25) is 0 Å². The van der Waals surface area contributed by atoms with Crippen LogP contribution < -0.4 is 11.5 Å². The van der Waals surface area contributed by atoms with Crippen molar-refractivity contribution in [3.8, 4) is 0 Å². The monoisotopic (exact) mass is 370 g/mol. The van der Waals surface area contributed by atoms with Crippen molar-refractivity contribution in [2.24, 2.45) is 17.4 Å². The summed E-state index contributed by atoms with van der Waals surface area (Å²) >= 11 is 0. The zero-order valence-corrected chi connectivity index (χ0v) is 14.9. The summed E-state index contributed by atoms with van der Waals surface area (Å²) in [5.74, 6) is -4.69. The van der Waals surface area contributed by atoms with Gasteiger partial charge in [-0.15, -0.1) is 0 Å². The van der Waals surface area contributed by atoms with Crippen LogP contribution >= 0.6 is 0 Å². The highest BCUT2D eigenvalue weighted by Gasteiger charge is 2.55. The van der Waals surface area contributed by atoms with E-state index in [1.165, 1.54) is 0 Å². The van der Waals surface area contributed by atoms with Crippen LogP contribution in [0.15, 0.2) is 30.3 Å². The van der Waals surface area contributed by atoms with Gasteiger partial charge in [-0.05, 0) is 17.9 Å². The molecule has 1 aliphatic rings. The molecule has 0 amide bonds. The van der Waals surface area contributed by atoms with Gasteiger partial charge in [0.15, 0.2) is 0 Å². The largest absolute Gasteiger partial charge is 0.459 e. The molecule has 5 N–H and O–H groups in total. The van der Waals surface area contributed by atoms with E-state index in [9.17, 15) is 18.7 Å². The standard InChI is InChI=1S/C19H28F2N2O3/c20-19(21,13-22)16(24)18(23,11-14-7-3-1-4-8-14)17(25)26-12-15-9-5-2-6-10-15/h2,5-6,9-10,14,16,24H,1,3-4,7-8,11-13,22-23H2. The molecule has 0 bridgehead atoms. The van der Waals surface area contributed by atoms with Gasteiger partial charge in [0.1, 0.15) is 18.2 Å². The maximum Gasteiger partial charge on any atom is 0.329 e. The fourth-order valence-corrected chi connectivity index (χ4v) is 3.52. The van der Waals surface area contributed by atoms with E-state index in [0.29, 0.717) is 5.56 Å². The Morgan fingerprint density at radius 1 is 1.23 bits per heavy atom. The third-order valence-corrected chi connectivity index (χ3v) is 5.10. The summed E-state index contributed by atoms with van der Waals surface area (Å²) in [4.78, 5) is 12.6. The van der Waals surface area contributed by atoms with Crippen molar-refractivity contribution < 1.29 is 23.4 Å². The van der Waals surface area contributed by atoms with E-state index in [1.54, 1.807) is 24.3 Å². The van der Waals surface area contributed by atoms with Crippen molar-refractivity contribution in [2.45, 2.75) is 62.7 Å². The Labute approximate surface area is 152 Å². The minimum atomic E-state index is -3.67. The van der Waals surface area contributed by atoms with Gasteiger partial charge in [0.2, 0.25) is 0 Å². The van der Waals surface area contributed by atoms with E-state index < -0.39 is 30.1 Å². The Balaban J connectivity index is 2.16. The van der Waals surface area contributed by atoms with Crippen molar-refractivity contribution >= 4 is 5.97 Å². The van der Waals surface area contributed by atoms with Crippen molar-refractivity contribution in [3.05, 3.63) is 35.9 Å². The van der Waals surface area contributed by atoms with Gasteiger partial charge in [-0.2, -0.15) is 0 Å². The minimum Gasteiger partial charge on any atom is -0.459 e. The summed E-state index contributed by atoms with van der Waals surface area (Å²) < 4.78 is 33.3. The van der Waals surface area contributed by atoms with Crippen LogP contribution in [0.3, 0.4) is 0 Å². The molecule has 0 aromatic heterocycles. The van der Waals surface area contributed by atoms with Crippen molar-refractivity contribution in [1.82, 2.24) is 0 Å². The molecule has 146 valence electrons. The Kier molecular flexibility index (Phi) is 7.08. The number of ether oxygens (including phenoxy) is 1. The molecule has 0 aliphatic heterocycles. The average molecular weight is 370 g/mol. The van der Waals surface area contributed by atoms with Crippen molar-refractivity contribution in [2.75, 3.05) is 6.54 Å². The number of alkyl halides is 2. The molecule has 26 heavy (non-hydrogen) atoms. The summed E-state index contributed by atoms with van der Waals surface area (Å²) in [6, 6.07) is 8.86. The summed E-state index contributed by atoms with van der Waals surface area (Å²) in [7, 11) is 0. The lowest BCUT2D eigenvalue weighted by molar-refractivity contribution is -0.176. The highest BCUT2D eigenvalue weighted by Crippen LogP contribution is 2.35. The van der Waals surface area contributed by atoms with Gasteiger partial charge in [0.05, 0.1) is 6.54 Å². The number of carbonyl (C=O) groups excluding carboxylic acids is 1. The molecule has 0 heterocycles. The zero-order valence-electron chi connectivity index (χ0n) is 14.9. The van der Waals surface area contributed by atoms with Gasteiger partial charge >= 0.3 is 5.97 Å². The van der Waals surface area contributed by atoms with E-state index in [4.69, 9.17) is 16.2 Å². The van der Waals surface area contributed by atoms with Gasteiger partial charge < -0.3 is 21.3 Å². The van der Waals surface area contributed by atoms with Crippen LogP contribution in [0.1, 0.15) is 44.1 Å². The Hall–Kier alpha value is -1.57. The van der Waals surface area contributed by atoms with Crippen LogP contribution in [0.5, 0.6) is 0 Å². The molecular formula is C19H28F2N2O3. The molecule has 1 aromatic carbocycles. The smallest absolute Gasteiger partial charge is 0.329 e. The summed E-state index contributed by atoms with van der Waals surface area (Å²) in [5, 5.41) is 10.2. The fraction of sp³-hybridized carbons (Fsp3) is 0.632. The third-order valence-electron chi connectivity index (χ3n) is 5.10. The van der Waals surface area contributed by atoms with Crippen molar-refractivity contribution in [1.29, 1.82) is 0 Å². The average Bonchev–Trinajstić information content (AvgIpc) is 2.66. The van der Waals surface area contributed by atoms with E-state index in [0.717, 1.165) is 32.1 Å². The number of hydrogen-bond donors (Lipinski definition) is 3. The van der Waals surface area contributed by atoms with E-state index in [2.05, 4.69) is 0 Å². The Morgan fingerprint density at radius 3 is 2.42 bits per heavy atom. The number of nitrogens with two attached hydrogens (primary N) is 2. The van der Waals surface area contributed by atoms with E-state index in [1.807, 2.05) is 6.07 Å². The second-order valence-corrected chi connectivity index (χ2v) is 7.18. The Morgan fingerprint density at radius 2 is 1.85 bits per heavy atom. The molecule has 1 saturated carbocycles. The number of halogens is 2. The van der Waals surface area contributed by atoms with Crippen LogP contribution in [0, 0.1) is 5.92 Å². The number of benzene rings is 1. The first-order chi connectivity index (χ1) is 12.3. The minimum absolute atomic E-state index is 0.00116. The number of rotatable bonds is 8. The highest BCUT2D eigenvalue weighted by molar-refractivity contribution is 5.81. The number of aliphatic hydroxyl groups is 1. The summed E-state index contributed by atoms with van der Waals surface area (Å²) in [6.45, 7) is -1.19. The number of hydrogen-bond acceptors (Lipinski definition) is 5. The number of carbonyl (C=O) groups is 1. The second-order valence-electron chi connectivity index (χ2n) is 7.18. The molecule has 7 heteroatoms. The predicted molar refractivity (Wildman–Crippen MR) is 94.4 cm³/mol. The molecule has 5 nitrogen and oxygen atoms in total. The van der Waals surface area contributed by atoms with Gasteiger partial charge in [0.25, 0.3) is 5.92 Å². The lowest BCUT2D eigenvalue weighted by Crippen LogP contribution is -2.66. The summed E-state index contributed by atoms with van der Waals surface area (Å²) in [5.41, 5.74) is 9.68. The first kappa shape index (κ1) is 20.7. The van der Waals surface area contributed by atoms with Crippen LogP contribution in [-0.2, 0) is 16.1 Å².